The van der Waals surface area contributed by atoms with Gasteiger partial charge in [-0.3, -0.25) is 4.99 Å². The summed E-state index contributed by atoms with van der Waals surface area (Å²) < 4.78 is 43.1. The van der Waals surface area contributed by atoms with E-state index < -0.39 is 12.8 Å². The molecule has 0 bridgehead atoms. The van der Waals surface area contributed by atoms with E-state index in [1.165, 1.54) is 0 Å². The fourth-order valence-corrected chi connectivity index (χ4v) is 2.96. The van der Waals surface area contributed by atoms with Gasteiger partial charge in [0.25, 0.3) is 0 Å². The smallest absolute Gasteiger partial charge is 0.367 e. The van der Waals surface area contributed by atoms with Crippen molar-refractivity contribution in [1.29, 1.82) is 0 Å². The van der Waals surface area contributed by atoms with Gasteiger partial charge in [-0.1, -0.05) is 36.4 Å². The van der Waals surface area contributed by atoms with Crippen LogP contribution in [0.15, 0.2) is 53.5 Å². The molecule has 0 aliphatic heterocycles. The van der Waals surface area contributed by atoms with E-state index in [2.05, 4.69) is 25.3 Å². The van der Waals surface area contributed by atoms with Gasteiger partial charge in [0, 0.05) is 20.6 Å². The molecule has 1 aromatic heterocycles. The van der Waals surface area contributed by atoms with Crippen LogP contribution in [0, 0.1) is 0 Å². The van der Waals surface area contributed by atoms with E-state index in [0.29, 0.717) is 24.6 Å². The number of para-hydroxylation sites is 2. The highest BCUT2D eigenvalue weighted by Crippen LogP contribution is 2.16. The number of benzene rings is 2. The predicted molar refractivity (Wildman–Crippen MR) is 125 cm³/mol. The summed E-state index contributed by atoms with van der Waals surface area (Å²) in [5.41, 5.74) is 3.67. The molecule has 2 N–H and O–H groups in total. The van der Waals surface area contributed by atoms with E-state index in [0.717, 1.165) is 22.4 Å². The van der Waals surface area contributed by atoms with Crippen LogP contribution in [0.1, 0.15) is 17.0 Å². The Morgan fingerprint density at radius 2 is 1.68 bits per heavy atom. The molecular weight excluding hydrogens is 522 g/mol. The van der Waals surface area contributed by atoms with Gasteiger partial charge in [0.1, 0.15) is 12.4 Å². The maximum Gasteiger partial charge on any atom is 0.411 e. The van der Waals surface area contributed by atoms with Crippen molar-refractivity contribution in [3.8, 4) is 0 Å². The van der Waals surface area contributed by atoms with Crippen LogP contribution in [-0.4, -0.2) is 35.3 Å². The second-order valence-corrected chi connectivity index (χ2v) is 6.78. The molecule has 1 heterocycles. The molecule has 0 fully saturated rings. The number of hydrogen-bond acceptors (Lipinski definition) is 3. The third-order valence-corrected chi connectivity index (χ3v) is 4.53. The summed E-state index contributed by atoms with van der Waals surface area (Å²) >= 11 is 0. The molecule has 0 spiro atoms. The zero-order valence-corrected chi connectivity index (χ0v) is 19.6. The highest BCUT2D eigenvalue weighted by atomic mass is 127. The lowest BCUT2D eigenvalue weighted by molar-refractivity contribution is -0.176. The van der Waals surface area contributed by atoms with Crippen molar-refractivity contribution in [2.45, 2.75) is 25.9 Å². The molecule has 168 valence electrons. The number of aliphatic imine (C=N–C) groups is 1. The Hall–Kier alpha value is -2.34. The first-order chi connectivity index (χ1) is 14.4. The van der Waals surface area contributed by atoms with Crippen LogP contribution >= 0.6 is 24.0 Å². The standard InChI is InChI=1S/C21H24F3N5O.HI/c1-25-20(27-12-19-28-17-5-3-4-6-18(17)29(19)2)26-11-15-7-9-16(10-8-15)13-30-14-21(22,23)24;/h3-10H,11-14H2,1-2H3,(H2,25,26,27);1H. The Morgan fingerprint density at radius 3 is 2.32 bits per heavy atom. The molecule has 0 unspecified atom stereocenters. The van der Waals surface area contributed by atoms with Crippen LogP contribution in [0.4, 0.5) is 13.2 Å². The molecule has 3 rings (SSSR count). The highest BCUT2D eigenvalue weighted by Gasteiger charge is 2.27. The number of imidazole rings is 1. The third-order valence-electron chi connectivity index (χ3n) is 4.53. The number of guanidine groups is 1. The minimum atomic E-state index is -4.31. The first kappa shape index (κ1) is 24.9. The predicted octanol–water partition coefficient (Wildman–Crippen LogP) is 4.14. The zero-order valence-electron chi connectivity index (χ0n) is 17.2. The van der Waals surface area contributed by atoms with E-state index in [9.17, 15) is 13.2 Å². The van der Waals surface area contributed by atoms with Crippen LogP contribution in [0.3, 0.4) is 0 Å². The van der Waals surface area contributed by atoms with Crippen molar-refractivity contribution in [2.75, 3.05) is 13.7 Å². The molecular formula is C21H25F3IN5O. The molecule has 31 heavy (non-hydrogen) atoms. The lowest BCUT2D eigenvalue weighted by atomic mass is 10.1. The SMILES string of the molecule is CN=C(NCc1ccc(COCC(F)(F)F)cc1)NCc1nc2ccccc2n1C.I. The van der Waals surface area contributed by atoms with E-state index in [1.807, 2.05) is 48.0 Å². The number of halogens is 4. The lowest BCUT2D eigenvalue weighted by Crippen LogP contribution is -2.36. The topological polar surface area (TPSA) is 63.5 Å². The molecule has 0 saturated carbocycles. The molecule has 0 aliphatic carbocycles. The number of rotatable bonds is 7. The van der Waals surface area contributed by atoms with Gasteiger partial charge >= 0.3 is 6.18 Å². The maximum atomic E-state index is 12.1. The molecule has 2 aromatic carbocycles. The number of fused-ring (bicyclic) bond motifs is 1. The van der Waals surface area contributed by atoms with Crippen molar-refractivity contribution < 1.29 is 17.9 Å². The van der Waals surface area contributed by atoms with Gasteiger partial charge in [0.15, 0.2) is 5.96 Å². The minimum Gasteiger partial charge on any atom is -0.367 e. The molecule has 3 aromatic rings. The molecule has 0 amide bonds. The van der Waals surface area contributed by atoms with Crippen LogP contribution in [0.2, 0.25) is 0 Å². The second kappa shape index (κ2) is 11.3. The monoisotopic (exact) mass is 547 g/mol. The molecule has 10 heteroatoms. The number of aromatic nitrogens is 2. The Labute approximate surface area is 195 Å². The normalized spacial score (nSPS) is 12.0. The van der Waals surface area contributed by atoms with Gasteiger partial charge in [-0.25, -0.2) is 4.98 Å². The number of hydrogen-bond donors (Lipinski definition) is 2. The number of aryl methyl sites for hydroxylation is 1. The summed E-state index contributed by atoms with van der Waals surface area (Å²) in [5.74, 6) is 1.52. The average Bonchev–Trinajstić information content (AvgIpc) is 3.04. The van der Waals surface area contributed by atoms with Crippen molar-refractivity contribution in [1.82, 2.24) is 20.2 Å². The molecule has 0 saturated heterocycles. The van der Waals surface area contributed by atoms with Gasteiger partial charge < -0.3 is 19.9 Å². The summed E-state index contributed by atoms with van der Waals surface area (Å²) in [6.45, 7) is -0.287. The number of nitrogens with one attached hydrogen (secondary N) is 2. The second-order valence-electron chi connectivity index (χ2n) is 6.78. The van der Waals surface area contributed by atoms with Crippen LogP contribution in [0.5, 0.6) is 0 Å². The summed E-state index contributed by atoms with van der Waals surface area (Å²) in [7, 11) is 3.66. The average molecular weight is 547 g/mol. The third kappa shape index (κ3) is 7.39. The van der Waals surface area contributed by atoms with Gasteiger partial charge in [-0.05, 0) is 23.3 Å². The van der Waals surface area contributed by atoms with Crippen LogP contribution in [0.25, 0.3) is 11.0 Å². The van der Waals surface area contributed by atoms with Gasteiger partial charge in [0.2, 0.25) is 0 Å². The lowest BCUT2D eigenvalue weighted by Gasteiger charge is -2.12. The Kier molecular flexibility index (Phi) is 9.11. The number of ether oxygens (including phenoxy) is 1. The first-order valence-corrected chi connectivity index (χ1v) is 9.43. The molecule has 0 aliphatic rings. The van der Waals surface area contributed by atoms with Crippen molar-refractivity contribution >= 4 is 41.0 Å². The first-order valence-electron chi connectivity index (χ1n) is 9.43. The van der Waals surface area contributed by atoms with Crippen molar-refractivity contribution in [2.24, 2.45) is 12.0 Å². The molecule has 0 atom stereocenters. The highest BCUT2D eigenvalue weighted by molar-refractivity contribution is 14.0. The fourth-order valence-electron chi connectivity index (χ4n) is 2.96. The largest absolute Gasteiger partial charge is 0.411 e. The summed E-state index contributed by atoms with van der Waals surface area (Å²) in [6.07, 6.45) is -4.31. The fraction of sp³-hybridized carbons (Fsp3) is 0.333. The van der Waals surface area contributed by atoms with E-state index >= 15 is 0 Å². The Morgan fingerprint density at radius 1 is 1.03 bits per heavy atom. The molecule has 6 nitrogen and oxygen atoms in total. The number of nitrogens with zero attached hydrogens (tertiary/aromatic N) is 3. The van der Waals surface area contributed by atoms with Crippen LogP contribution in [-0.2, 0) is 31.5 Å². The summed E-state index contributed by atoms with van der Waals surface area (Å²) in [5, 5.41) is 6.45. The minimum absolute atomic E-state index is 0. The maximum absolute atomic E-state index is 12.1. The number of alkyl halides is 3. The Balaban J connectivity index is 0.00000341. The van der Waals surface area contributed by atoms with Gasteiger partial charge in [-0.15, -0.1) is 24.0 Å². The van der Waals surface area contributed by atoms with Crippen molar-refractivity contribution in [3.05, 3.63) is 65.5 Å². The van der Waals surface area contributed by atoms with Gasteiger partial charge in [-0.2, -0.15) is 13.2 Å². The van der Waals surface area contributed by atoms with Gasteiger partial charge in [0.05, 0.1) is 24.2 Å². The summed E-state index contributed by atoms with van der Waals surface area (Å²) in [4.78, 5) is 8.84. The zero-order chi connectivity index (χ0) is 21.6. The Bertz CT molecular complexity index is 1000. The summed E-state index contributed by atoms with van der Waals surface area (Å²) in [6, 6.07) is 15.1. The molecule has 0 radical (unpaired) electrons. The van der Waals surface area contributed by atoms with E-state index in [1.54, 1.807) is 19.2 Å². The quantitative estimate of drug-likeness (QED) is 0.265. The van der Waals surface area contributed by atoms with E-state index in [4.69, 9.17) is 0 Å². The van der Waals surface area contributed by atoms with Crippen LogP contribution < -0.4 is 10.6 Å². The van der Waals surface area contributed by atoms with E-state index in [-0.39, 0.29) is 30.6 Å². The van der Waals surface area contributed by atoms with Crippen molar-refractivity contribution in [3.63, 3.8) is 0 Å².